The highest BCUT2D eigenvalue weighted by molar-refractivity contribution is 5.98. The summed E-state index contributed by atoms with van der Waals surface area (Å²) in [5.41, 5.74) is 22.8. The lowest BCUT2D eigenvalue weighted by Crippen LogP contribution is -2.57. The number of Topliss-reactive ketones (excluding diaryl/α,β-unsaturated/α-hetero) is 2. The number of aliphatic hydroxyl groups is 1. The molecule has 0 saturated carbocycles. The number of aliphatic hydroxyl groups excluding tert-OH is 1. The van der Waals surface area contributed by atoms with Crippen LogP contribution in [-0.4, -0.2) is 196 Å². The van der Waals surface area contributed by atoms with Gasteiger partial charge in [-0.3, -0.25) is 48.6 Å². The van der Waals surface area contributed by atoms with E-state index in [9.17, 15) is 53.4 Å². The molecule has 414 valence electrons. The number of rotatable bonds is 27. The number of guanidine groups is 2. The van der Waals surface area contributed by atoms with E-state index in [1.807, 2.05) is 0 Å². The normalized spacial score (nSPS) is 18.1. The topological polar surface area (TPSA) is 401 Å². The number of aliphatic imine (C=N–C) groups is 2. The van der Waals surface area contributed by atoms with Crippen molar-refractivity contribution < 1.29 is 53.4 Å². The molecule has 6 atom stereocenters. The molecule has 0 bridgehead atoms. The maximum absolute atomic E-state index is 14.2. The summed E-state index contributed by atoms with van der Waals surface area (Å²) in [7, 11) is 0. The standard InChI is InChI=1S/C50H73N15O11/c51-47(52)56-19-10-21-61(50(75)76)30-41(68)36(27-33-14-5-2-6-15-33)59-44(71)39-17-8-22-62(39)45(72)37(31-66)60-42(69)34(26-32-12-3-1-4-13-32)28-35(67)29-58-43(70)38-16-7-23-63(38)46(73)40-18-9-24-64(40)49(74)65(55)25-11-20-57-48(53)54/h1-6,12-15,34,36-40,66H,7-11,16-31,55H2,(H,58,70)(H,59,71)(H,60,69)(H,75,76)(H4,51,52,56)(H4,53,54,57)/t34-,36+,37+,38+,39?,40+/m1/s1. The van der Waals surface area contributed by atoms with E-state index in [0.717, 1.165) is 9.91 Å². The minimum absolute atomic E-state index is 0.00953. The number of nitrogens with two attached hydrogens (primary N) is 5. The highest BCUT2D eigenvalue weighted by Gasteiger charge is 2.44. The molecule has 3 aliphatic heterocycles. The number of nitrogens with zero attached hydrogens (tertiary/aromatic N) is 7. The van der Waals surface area contributed by atoms with Crippen molar-refractivity contribution in [2.24, 2.45) is 44.7 Å². The Labute approximate surface area is 440 Å². The van der Waals surface area contributed by atoms with Gasteiger partial charge in [-0.15, -0.1) is 0 Å². The Hall–Kier alpha value is -7.87. The third-order valence-electron chi connectivity index (χ3n) is 13.5. The van der Waals surface area contributed by atoms with Crippen LogP contribution in [0, 0.1) is 5.92 Å². The van der Waals surface area contributed by atoms with E-state index in [2.05, 4.69) is 25.9 Å². The van der Waals surface area contributed by atoms with Crippen LogP contribution >= 0.6 is 0 Å². The van der Waals surface area contributed by atoms with Crippen LogP contribution in [-0.2, 0) is 46.4 Å². The summed E-state index contributed by atoms with van der Waals surface area (Å²) >= 11 is 0. The fraction of sp³-hybridized carbons (Fsp3) is 0.540. The minimum Gasteiger partial charge on any atom is -0.465 e. The average Bonchev–Trinajstić information content (AvgIpc) is 4.22. The number of hydrogen-bond donors (Lipinski definition) is 10. The number of carbonyl (C=O) groups excluding carboxylic acids is 8. The first-order valence-corrected chi connectivity index (χ1v) is 25.5. The van der Waals surface area contributed by atoms with E-state index < -0.39 is 109 Å². The maximum atomic E-state index is 14.2. The van der Waals surface area contributed by atoms with Crippen LogP contribution in [0.25, 0.3) is 0 Å². The van der Waals surface area contributed by atoms with Crippen LogP contribution in [0.3, 0.4) is 0 Å². The molecule has 0 aromatic heterocycles. The van der Waals surface area contributed by atoms with Gasteiger partial charge in [0, 0.05) is 58.2 Å². The lowest BCUT2D eigenvalue weighted by molar-refractivity contribution is -0.143. The Balaban J connectivity index is 1.21. The molecule has 0 radical (unpaired) electrons. The van der Waals surface area contributed by atoms with Gasteiger partial charge in [-0.05, 0) is 75.3 Å². The summed E-state index contributed by atoms with van der Waals surface area (Å²) in [5, 5.41) is 29.4. The van der Waals surface area contributed by atoms with E-state index in [0.29, 0.717) is 56.2 Å². The molecule has 3 aliphatic rings. The monoisotopic (exact) mass is 1060 g/mol. The van der Waals surface area contributed by atoms with Gasteiger partial charge in [-0.1, -0.05) is 60.7 Å². The molecule has 5 rings (SSSR count). The van der Waals surface area contributed by atoms with E-state index in [-0.39, 0.29) is 83.3 Å². The lowest BCUT2D eigenvalue weighted by Gasteiger charge is -2.32. The molecule has 2 aromatic carbocycles. The van der Waals surface area contributed by atoms with Crippen LogP contribution in [0.15, 0.2) is 70.6 Å². The third kappa shape index (κ3) is 17.4. The molecule has 0 spiro atoms. The molecule has 3 fully saturated rings. The Kier molecular flexibility index (Phi) is 22.7. The van der Waals surface area contributed by atoms with Crippen molar-refractivity contribution in [2.45, 2.75) is 101 Å². The number of benzene rings is 2. The van der Waals surface area contributed by atoms with Crippen molar-refractivity contribution >= 4 is 65.1 Å². The number of urea groups is 1. The molecular formula is C50H73N15O11. The highest BCUT2D eigenvalue weighted by atomic mass is 16.4. The number of hydrogen-bond acceptors (Lipinski definition) is 13. The van der Waals surface area contributed by atoms with Gasteiger partial charge in [0.25, 0.3) is 0 Å². The predicted octanol–water partition coefficient (Wildman–Crippen LogP) is -2.26. The number of nitrogens with one attached hydrogen (secondary N) is 3. The predicted molar refractivity (Wildman–Crippen MR) is 278 cm³/mol. The highest BCUT2D eigenvalue weighted by Crippen LogP contribution is 2.26. The number of likely N-dealkylation sites (tertiary alicyclic amines) is 3. The van der Waals surface area contributed by atoms with E-state index in [1.165, 1.54) is 14.7 Å². The molecule has 3 heterocycles. The first-order valence-electron chi connectivity index (χ1n) is 25.5. The van der Waals surface area contributed by atoms with Gasteiger partial charge in [-0.2, -0.15) is 0 Å². The molecule has 0 aliphatic carbocycles. The zero-order chi connectivity index (χ0) is 55.3. The summed E-state index contributed by atoms with van der Waals surface area (Å²) in [6, 6.07) is 11.4. The minimum atomic E-state index is -1.54. The van der Waals surface area contributed by atoms with Gasteiger partial charge >= 0.3 is 12.1 Å². The van der Waals surface area contributed by atoms with Crippen molar-refractivity contribution in [3.05, 3.63) is 71.8 Å². The maximum Gasteiger partial charge on any atom is 0.407 e. The SMILES string of the molecule is NC(N)=NCCCN(N)C(=O)N1CCC[C@H]1C(=O)N1CCC[C@H]1C(=O)NCC(=O)C[C@@H](Cc1ccccc1)C(=O)N[C@@H](CO)C(=O)N1CCCC1C(=O)N[C@@H](Cc1ccccc1)C(=O)CN(CCCN=C(N)N)C(=O)O. The van der Waals surface area contributed by atoms with E-state index in [1.54, 1.807) is 60.7 Å². The van der Waals surface area contributed by atoms with Gasteiger partial charge in [0.05, 0.1) is 25.7 Å². The Bertz CT molecular complexity index is 2400. The number of carboxylic acid groups (broad SMARTS) is 1. The fourth-order valence-corrected chi connectivity index (χ4v) is 9.62. The quantitative estimate of drug-likeness (QED) is 0.0113. The zero-order valence-corrected chi connectivity index (χ0v) is 42.7. The molecule has 2 aromatic rings. The summed E-state index contributed by atoms with van der Waals surface area (Å²) in [6.45, 7) is -0.851. The molecule has 76 heavy (non-hydrogen) atoms. The molecule has 26 nitrogen and oxygen atoms in total. The number of hydrazine groups is 1. The van der Waals surface area contributed by atoms with Crippen molar-refractivity contribution in [1.29, 1.82) is 0 Å². The first kappa shape index (κ1) is 59.0. The lowest BCUT2D eigenvalue weighted by atomic mass is 9.93. The van der Waals surface area contributed by atoms with Crippen LogP contribution in [0.1, 0.15) is 68.9 Å². The fourth-order valence-electron chi connectivity index (χ4n) is 9.62. The van der Waals surface area contributed by atoms with E-state index in [4.69, 9.17) is 28.8 Å². The summed E-state index contributed by atoms with van der Waals surface area (Å²) < 4.78 is 0. The van der Waals surface area contributed by atoms with Crippen molar-refractivity contribution in [2.75, 3.05) is 65.5 Å². The Morgan fingerprint density at radius 3 is 1.79 bits per heavy atom. The van der Waals surface area contributed by atoms with Crippen LogP contribution in [0.2, 0.25) is 0 Å². The van der Waals surface area contributed by atoms with Crippen LogP contribution in [0.4, 0.5) is 9.59 Å². The van der Waals surface area contributed by atoms with Crippen LogP contribution < -0.4 is 44.7 Å². The molecule has 3 saturated heterocycles. The Morgan fingerprint density at radius 2 is 1.21 bits per heavy atom. The van der Waals surface area contributed by atoms with Crippen molar-refractivity contribution in [3.8, 4) is 0 Å². The average molecular weight is 1060 g/mol. The summed E-state index contributed by atoms with van der Waals surface area (Å²) in [5.74, 6) is 0.343. The van der Waals surface area contributed by atoms with E-state index >= 15 is 0 Å². The van der Waals surface area contributed by atoms with Crippen molar-refractivity contribution in [3.63, 3.8) is 0 Å². The van der Waals surface area contributed by atoms with Crippen molar-refractivity contribution in [1.82, 2.24) is 40.6 Å². The third-order valence-corrected chi connectivity index (χ3v) is 13.5. The zero-order valence-electron chi connectivity index (χ0n) is 42.7. The molecular weight excluding hydrogens is 987 g/mol. The number of amides is 8. The summed E-state index contributed by atoms with van der Waals surface area (Å²) in [6.07, 6.45) is 1.20. The van der Waals surface area contributed by atoms with Crippen LogP contribution in [0.5, 0.6) is 0 Å². The van der Waals surface area contributed by atoms with Gasteiger partial charge in [-0.25, -0.2) is 15.4 Å². The molecule has 26 heteroatoms. The van der Waals surface area contributed by atoms with Gasteiger partial charge < -0.3 is 68.7 Å². The second-order valence-corrected chi connectivity index (χ2v) is 19.0. The second-order valence-electron chi connectivity index (χ2n) is 19.0. The van der Waals surface area contributed by atoms with Gasteiger partial charge in [0.1, 0.15) is 24.2 Å². The summed E-state index contributed by atoms with van der Waals surface area (Å²) in [4.78, 5) is 135. The molecule has 8 amide bonds. The second kappa shape index (κ2) is 29.3. The smallest absolute Gasteiger partial charge is 0.407 e. The largest absolute Gasteiger partial charge is 0.465 e. The Morgan fingerprint density at radius 1 is 0.671 bits per heavy atom. The number of ketones is 2. The first-order chi connectivity index (χ1) is 36.4. The van der Waals surface area contributed by atoms with Gasteiger partial charge in [0.15, 0.2) is 23.5 Å². The molecule has 1 unspecified atom stereocenters. The number of carbonyl (C=O) groups is 9. The molecule has 15 N–H and O–H groups in total. The van der Waals surface area contributed by atoms with Gasteiger partial charge in [0.2, 0.25) is 29.5 Å².